The molecule has 260 valence electrons. The van der Waals surface area contributed by atoms with Crippen LogP contribution in [0.15, 0.2) is 53.5 Å². The number of hydrogen-bond acceptors (Lipinski definition) is 10. The number of nitrogens with zero attached hydrogens (tertiary/aromatic N) is 2. The maximum absolute atomic E-state index is 13.6. The number of aromatic nitrogens is 2. The quantitative estimate of drug-likeness (QED) is 0.0608. The lowest BCUT2D eigenvalue weighted by Gasteiger charge is -2.28. The van der Waals surface area contributed by atoms with Crippen LogP contribution in [0.1, 0.15) is 75.9 Å². The Balaban J connectivity index is 1.78. The van der Waals surface area contributed by atoms with Crippen molar-refractivity contribution in [3.63, 3.8) is 0 Å². The Bertz CT molecular complexity index is 1650. The summed E-state index contributed by atoms with van der Waals surface area (Å²) in [6.45, 7) is 12.1. The second kappa shape index (κ2) is 16.4. The molecule has 0 spiro atoms. The third-order valence-corrected chi connectivity index (χ3v) is 7.71. The highest BCUT2D eigenvalue weighted by molar-refractivity contribution is 5.95. The molecule has 0 atom stereocenters. The number of nitrogen functional groups attached to an aromatic ring is 2. The molecule has 13 nitrogen and oxygen atoms in total. The summed E-state index contributed by atoms with van der Waals surface area (Å²) in [6.07, 6.45) is 2.64. The van der Waals surface area contributed by atoms with Gasteiger partial charge in [0.1, 0.15) is 12.4 Å². The Kier molecular flexibility index (Phi) is 12.9. The summed E-state index contributed by atoms with van der Waals surface area (Å²) in [7, 11) is 1.67. The highest BCUT2D eigenvalue weighted by Crippen LogP contribution is 2.25. The molecule has 0 aliphatic heterocycles. The van der Waals surface area contributed by atoms with Crippen molar-refractivity contribution >= 4 is 29.2 Å². The number of amides is 1. The molecule has 1 aromatic heterocycles. The average Bonchev–Trinajstić information content (AvgIpc) is 3.01. The number of esters is 1. The van der Waals surface area contributed by atoms with Gasteiger partial charge in [0.2, 0.25) is 5.91 Å². The largest absolute Gasteiger partial charge is 0.462 e. The molecule has 3 aromatic rings. The molecule has 48 heavy (non-hydrogen) atoms. The monoisotopic (exact) mass is 663 g/mol. The normalized spacial score (nSPS) is 11.8. The zero-order chi connectivity index (χ0) is 35.6. The summed E-state index contributed by atoms with van der Waals surface area (Å²) < 4.78 is 18.3. The second-order valence-corrected chi connectivity index (χ2v) is 13.1. The van der Waals surface area contributed by atoms with Crippen molar-refractivity contribution in [2.45, 2.75) is 84.7 Å². The number of hydrogen-bond donors (Lipinski definition) is 5. The van der Waals surface area contributed by atoms with E-state index in [-0.39, 0.29) is 54.2 Å². The smallest absolute Gasteiger partial charge is 0.338 e. The van der Waals surface area contributed by atoms with Crippen molar-refractivity contribution < 1.29 is 23.8 Å². The van der Waals surface area contributed by atoms with Crippen molar-refractivity contribution in [1.29, 1.82) is 5.41 Å². The highest BCUT2D eigenvalue weighted by atomic mass is 16.5. The molecule has 0 aliphatic carbocycles. The third kappa shape index (κ3) is 11.2. The molecular weight excluding hydrogens is 614 g/mol. The van der Waals surface area contributed by atoms with Gasteiger partial charge in [-0.3, -0.25) is 19.6 Å². The predicted molar refractivity (Wildman–Crippen MR) is 187 cm³/mol. The molecular formula is C35H49N7O6. The van der Waals surface area contributed by atoms with Crippen molar-refractivity contribution in [2.24, 2.45) is 5.73 Å². The molecule has 0 fully saturated rings. The number of anilines is 2. The van der Waals surface area contributed by atoms with Crippen molar-refractivity contribution in [3.05, 3.63) is 75.7 Å². The van der Waals surface area contributed by atoms with E-state index in [9.17, 15) is 14.4 Å². The van der Waals surface area contributed by atoms with E-state index in [1.165, 1.54) is 16.8 Å². The van der Waals surface area contributed by atoms with Gasteiger partial charge in [-0.05, 0) is 71.7 Å². The lowest BCUT2D eigenvalue weighted by Crippen LogP contribution is -2.35. The molecule has 0 radical (unpaired) electrons. The molecule has 0 saturated heterocycles. The molecule has 0 bridgehead atoms. The molecule has 3 rings (SSSR count). The first-order chi connectivity index (χ1) is 22.5. The van der Waals surface area contributed by atoms with Crippen LogP contribution in [-0.2, 0) is 32.1 Å². The number of nitrogens with two attached hydrogens (primary N) is 2. The van der Waals surface area contributed by atoms with E-state index in [0.717, 1.165) is 5.56 Å². The summed E-state index contributed by atoms with van der Waals surface area (Å²) in [6, 6.07) is 11.5. The molecule has 0 unspecified atom stereocenters. The Morgan fingerprint density at radius 2 is 1.67 bits per heavy atom. The number of ether oxygens (including phenoxy) is 3. The Morgan fingerprint density at radius 3 is 2.29 bits per heavy atom. The molecule has 2 aromatic carbocycles. The first-order valence-corrected chi connectivity index (χ1v) is 15.8. The number of amidine groups is 1. The molecule has 7 N–H and O–H groups in total. The van der Waals surface area contributed by atoms with E-state index >= 15 is 0 Å². The number of carbonyl (C=O) groups is 2. The van der Waals surface area contributed by atoms with Gasteiger partial charge in [0.15, 0.2) is 5.82 Å². The number of nitrogens with one attached hydrogen (secondary N) is 3. The van der Waals surface area contributed by atoms with E-state index in [0.29, 0.717) is 36.3 Å². The van der Waals surface area contributed by atoms with Gasteiger partial charge in [-0.25, -0.2) is 9.78 Å². The lowest BCUT2D eigenvalue weighted by atomic mass is 10.0. The van der Waals surface area contributed by atoms with Gasteiger partial charge in [-0.1, -0.05) is 24.3 Å². The summed E-state index contributed by atoms with van der Waals surface area (Å²) in [5.41, 5.74) is 12.9. The van der Waals surface area contributed by atoms with Crippen LogP contribution in [0, 0.1) is 5.41 Å². The van der Waals surface area contributed by atoms with Gasteiger partial charge in [0.05, 0.1) is 41.9 Å². The van der Waals surface area contributed by atoms with Gasteiger partial charge in [-0.15, -0.1) is 0 Å². The van der Waals surface area contributed by atoms with Gasteiger partial charge in [0.25, 0.3) is 5.56 Å². The number of benzene rings is 2. The number of rotatable bonds is 17. The Labute approximate surface area is 281 Å². The molecule has 1 heterocycles. The minimum Gasteiger partial charge on any atom is -0.462 e. The second-order valence-electron chi connectivity index (χ2n) is 13.1. The van der Waals surface area contributed by atoms with Crippen LogP contribution in [0.5, 0.6) is 0 Å². The van der Waals surface area contributed by atoms with Gasteiger partial charge in [0, 0.05) is 42.9 Å². The van der Waals surface area contributed by atoms with Crippen LogP contribution in [0.4, 0.5) is 11.5 Å². The van der Waals surface area contributed by atoms with Gasteiger partial charge in [-0.2, -0.15) is 0 Å². The fourth-order valence-corrected chi connectivity index (χ4v) is 4.59. The molecule has 0 aliphatic rings. The maximum Gasteiger partial charge on any atom is 0.338 e. The van der Waals surface area contributed by atoms with Crippen LogP contribution in [0.25, 0.3) is 11.3 Å². The van der Waals surface area contributed by atoms with E-state index in [1.54, 1.807) is 43.5 Å². The summed E-state index contributed by atoms with van der Waals surface area (Å²) in [5.74, 6) is -0.977. The zero-order valence-electron chi connectivity index (χ0n) is 28.9. The third-order valence-electron chi connectivity index (χ3n) is 7.71. The summed E-state index contributed by atoms with van der Waals surface area (Å²) >= 11 is 0. The van der Waals surface area contributed by atoms with E-state index < -0.39 is 23.0 Å². The van der Waals surface area contributed by atoms with E-state index in [2.05, 4.69) is 15.6 Å². The SMILES string of the molecule is COC(C)(C)CCOC(C)(C)CCOC(=O)c1cc(N)cc(-c2cnc(NC(C)C)c(=O)n2CC(=O)NCc2ccc(C(=N)N)cc2)c1. The average molecular weight is 664 g/mol. The van der Waals surface area contributed by atoms with Crippen LogP contribution in [0.3, 0.4) is 0 Å². The Hall–Kier alpha value is -4.75. The topological polar surface area (TPSA) is 197 Å². The van der Waals surface area contributed by atoms with Crippen molar-refractivity contribution in [2.75, 3.05) is 31.4 Å². The fourth-order valence-electron chi connectivity index (χ4n) is 4.59. The van der Waals surface area contributed by atoms with Crippen LogP contribution >= 0.6 is 0 Å². The first kappa shape index (κ1) is 37.7. The number of carbonyl (C=O) groups excluding carboxylic acids is 2. The minimum atomic E-state index is -0.589. The fraction of sp³-hybridized carbons (Fsp3) is 0.457. The van der Waals surface area contributed by atoms with Crippen LogP contribution in [-0.4, -0.2) is 64.8 Å². The molecule has 13 heteroatoms. The van der Waals surface area contributed by atoms with Gasteiger partial charge < -0.3 is 36.3 Å². The highest BCUT2D eigenvalue weighted by Gasteiger charge is 2.23. The first-order valence-electron chi connectivity index (χ1n) is 15.8. The van der Waals surface area contributed by atoms with Crippen molar-refractivity contribution in [3.8, 4) is 11.3 Å². The summed E-state index contributed by atoms with van der Waals surface area (Å²) in [5, 5.41) is 13.4. The van der Waals surface area contributed by atoms with Crippen LogP contribution in [0.2, 0.25) is 0 Å². The standard InChI is InChI=1S/C35H49N7O6/c1-22(2)41-31-32(44)42(21-29(43)39-19-23-8-10-24(11-9-23)30(37)38)28(20-40-31)25-16-26(18-27(36)17-25)33(45)47-14-12-35(5,6)48-15-13-34(3,4)46-7/h8-11,16-18,20,22H,12-15,19,21,36H2,1-7H3,(H3,37,38)(H,39,43)(H,40,41). The minimum absolute atomic E-state index is 0.0498. The molecule has 1 amide bonds. The van der Waals surface area contributed by atoms with E-state index in [1.807, 2.05) is 41.5 Å². The number of methoxy groups -OCH3 is 1. The zero-order valence-corrected chi connectivity index (χ0v) is 28.9. The molecule has 0 saturated carbocycles. The predicted octanol–water partition coefficient (Wildman–Crippen LogP) is 4.07. The van der Waals surface area contributed by atoms with Crippen molar-refractivity contribution in [1.82, 2.24) is 14.9 Å². The van der Waals surface area contributed by atoms with E-state index in [4.69, 9.17) is 31.1 Å². The van der Waals surface area contributed by atoms with Gasteiger partial charge >= 0.3 is 5.97 Å². The van der Waals surface area contributed by atoms with Crippen LogP contribution < -0.4 is 27.7 Å². The lowest BCUT2D eigenvalue weighted by molar-refractivity contribution is -0.121. The maximum atomic E-state index is 13.6. The Morgan fingerprint density at radius 1 is 1.00 bits per heavy atom. The summed E-state index contributed by atoms with van der Waals surface area (Å²) in [4.78, 5) is 44.1.